The van der Waals surface area contributed by atoms with Crippen LogP contribution in [-0.4, -0.2) is 7.11 Å². The fraction of sp³-hybridized carbons (Fsp3) is 0.455. The second-order valence-electron chi connectivity index (χ2n) is 3.95. The van der Waals surface area contributed by atoms with Crippen LogP contribution in [0.5, 0.6) is 5.75 Å². The molecule has 0 spiro atoms. The first-order valence-corrected chi connectivity index (χ1v) is 4.62. The highest BCUT2D eigenvalue weighted by Crippen LogP contribution is 2.35. The van der Waals surface area contributed by atoms with E-state index in [9.17, 15) is 8.78 Å². The molecule has 0 aliphatic carbocycles. The maximum atomic E-state index is 12.8. The van der Waals surface area contributed by atoms with E-state index in [1.165, 1.54) is 19.2 Å². The van der Waals surface area contributed by atoms with Crippen molar-refractivity contribution in [2.24, 2.45) is 5.73 Å². The van der Waals surface area contributed by atoms with Gasteiger partial charge in [0.15, 0.2) is 0 Å². The maximum Gasteiger partial charge on any atom is 0.264 e. The molecule has 0 saturated heterocycles. The summed E-state index contributed by atoms with van der Waals surface area (Å²) in [6, 6.07) is 4.54. The first-order chi connectivity index (χ1) is 6.88. The summed E-state index contributed by atoms with van der Waals surface area (Å²) >= 11 is 0. The van der Waals surface area contributed by atoms with Gasteiger partial charge in [0.2, 0.25) is 0 Å². The number of alkyl halides is 2. The predicted molar refractivity (Wildman–Crippen MR) is 55.2 cm³/mol. The fourth-order valence-electron chi connectivity index (χ4n) is 1.59. The highest BCUT2D eigenvalue weighted by Gasteiger charge is 2.26. The molecule has 0 heterocycles. The molecule has 0 amide bonds. The summed E-state index contributed by atoms with van der Waals surface area (Å²) in [5.41, 5.74) is 5.31. The Kier molecular flexibility index (Phi) is 3.29. The molecule has 1 aromatic rings. The summed E-state index contributed by atoms with van der Waals surface area (Å²) in [4.78, 5) is 0. The minimum absolute atomic E-state index is 0.0677. The van der Waals surface area contributed by atoms with Crippen molar-refractivity contribution in [2.45, 2.75) is 25.8 Å². The molecule has 2 N–H and O–H groups in total. The Hall–Kier alpha value is -1.16. The summed E-state index contributed by atoms with van der Waals surface area (Å²) in [7, 11) is 1.44. The lowest BCUT2D eigenvalue weighted by Crippen LogP contribution is -2.30. The summed E-state index contributed by atoms with van der Waals surface area (Å²) in [5.74, 6) is 0.403. The van der Waals surface area contributed by atoms with E-state index in [1.807, 2.05) is 0 Å². The highest BCUT2D eigenvalue weighted by atomic mass is 19.3. The van der Waals surface area contributed by atoms with E-state index in [0.717, 1.165) is 0 Å². The summed E-state index contributed by atoms with van der Waals surface area (Å²) in [6.45, 7) is 3.35. The fourth-order valence-corrected chi connectivity index (χ4v) is 1.59. The number of nitrogens with two attached hydrogens (primary N) is 1. The second-order valence-corrected chi connectivity index (χ2v) is 3.95. The largest absolute Gasteiger partial charge is 0.496 e. The molecule has 15 heavy (non-hydrogen) atoms. The molecule has 84 valence electrons. The van der Waals surface area contributed by atoms with Crippen molar-refractivity contribution in [3.8, 4) is 5.75 Å². The van der Waals surface area contributed by atoms with Crippen LogP contribution < -0.4 is 10.5 Å². The summed E-state index contributed by atoms with van der Waals surface area (Å²) in [5, 5.41) is 0. The van der Waals surface area contributed by atoms with E-state index < -0.39 is 12.0 Å². The van der Waals surface area contributed by atoms with Crippen LogP contribution >= 0.6 is 0 Å². The monoisotopic (exact) mass is 215 g/mol. The van der Waals surface area contributed by atoms with Gasteiger partial charge < -0.3 is 10.5 Å². The molecule has 0 unspecified atom stereocenters. The number of rotatable bonds is 3. The van der Waals surface area contributed by atoms with E-state index >= 15 is 0 Å². The number of benzene rings is 1. The van der Waals surface area contributed by atoms with Crippen LogP contribution in [0.2, 0.25) is 0 Å². The quantitative estimate of drug-likeness (QED) is 0.841. The summed E-state index contributed by atoms with van der Waals surface area (Å²) < 4.78 is 30.6. The Morgan fingerprint density at radius 2 is 1.93 bits per heavy atom. The maximum absolute atomic E-state index is 12.8. The van der Waals surface area contributed by atoms with Gasteiger partial charge in [-0.1, -0.05) is 12.1 Å². The van der Waals surface area contributed by atoms with Crippen LogP contribution in [0, 0.1) is 0 Å². The van der Waals surface area contributed by atoms with Gasteiger partial charge in [0.05, 0.1) is 7.11 Å². The van der Waals surface area contributed by atoms with Crippen LogP contribution in [0.25, 0.3) is 0 Å². The summed E-state index contributed by atoms with van der Waals surface area (Å²) in [6.07, 6.45) is -2.54. The third-order valence-corrected chi connectivity index (χ3v) is 2.16. The molecule has 4 heteroatoms. The number of ether oxygens (including phenoxy) is 1. The van der Waals surface area contributed by atoms with Crippen molar-refractivity contribution in [1.82, 2.24) is 0 Å². The number of methoxy groups -OCH3 is 1. The number of halogens is 2. The van der Waals surface area contributed by atoms with Crippen molar-refractivity contribution in [1.29, 1.82) is 0 Å². The molecule has 0 atom stereocenters. The van der Waals surface area contributed by atoms with Crippen LogP contribution in [0.4, 0.5) is 8.78 Å². The third kappa shape index (κ3) is 2.45. The Morgan fingerprint density at radius 1 is 1.33 bits per heavy atom. The van der Waals surface area contributed by atoms with Crippen molar-refractivity contribution in [3.63, 3.8) is 0 Å². The third-order valence-electron chi connectivity index (χ3n) is 2.16. The van der Waals surface area contributed by atoms with Gasteiger partial charge in [0.1, 0.15) is 5.75 Å². The van der Waals surface area contributed by atoms with Gasteiger partial charge in [-0.15, -0.1) is 0 Å². The van der Waals surface area contributed by atoms with Crippen molar-refractivity contribution in [3.05, 3.63) is 29.3 Å². The van der Waals surface area contributed by atoms with E-state index in [4.69, 9.17) is 10.5 Å². The lowest BCUT2D eigenvalue weighted by molar-refractivity contribution is 0.148. The normalized spacial score (nSPS) is 11.9. The lowest BCUT2D eigenvalue weighted by Gasteiger charge is -2.25. The second kappa shape index (κ2) is 4.14. The molecule has 1 aromatic carbocycles. The van der Waals surface area contributed by atoms with E-state index in [2.05, 4.69) is 0 Å². The van der Waals surface area contributed by atoms with Gasteiger partial charge in [-0.2, -0.15) is 0 Å². The molecule has 0 bridgehead atoms. The van der Waals surface area contributed by atoms with E-state index in [1.54, 1.807) is 19.9 Å². The molecule has 0 aromatic heterocycles. The zero-order valence-corrected chi connectivity index (χ0v) is 9.05. The number of hydrogen-bond acceptors (Lipinski definition) is 2. The van der Waals surface area contributed by atoms with Crippen LogP contribution in [0.1, 0.15) is 31.4 Å². The van der Waals surface area contributed by atoms with Gasteiger partial charge in [0.25, 0.3) is 6.43 Å². The topological polar surface area (TPSA) is 35.2 Å². The Bertz CT molecular complexity index is 345. The van der Waals surface area contributed by atoms with Crippen molar-refractivity contribution < 1.29 is 13.5 Å². The molecule has 1 rings (SSSR count). The molecule has 0 fully saturated rings. The van der Waals surface area contributed by atoms with Crippen LogP contribution in [0.3, 0.4) is 0 Å². The van der Waals surface area contributed by atoms with Crippen molar-refractivity contribution in [2.75, 3.05) is 7.11 Å². The minimum atomic E-state index is -2.54. The molecule has 0 radical (unpaired) electrons. The zero-order valence-electron chi connectivity index (χ0n) is 9.05. The SMILES string of the molecule is COc1cccc(C(F)F)c1C(C)(C)N. The first kappa shape index (κ1) is 11.9. The Labute approximate surface area is 88.0 Å². The number of hydrogen-bond donors (Lipinski definition) is 1. The highest BCUT2D eigenvalue weighted by molar-refractivity contribution is 5.45. The average Bonchev–Trinajstić information content (AvgIpc) is 2.15. The Morgan fingerprint density at radius 3 is 2.33 bits per heavy atom. The molecule has 0 aliphatic heterocycles. The van der Waals surface area contributed by atoms with Gasteiger partial charge in [-0.05, 0) is 19.9 Å². The lowest BCUT2D eigenvalue weighted by atomic mass is 9.90. The van der Waals surface area contributed by atoms with Crippen molar-refractivity contribution >= 4 is 0 Å². The van der Waals surface area contributed by atoms with Gasteiger partial charge in [0, 0.05) is 16.7 Å². The molecule has 2 nitrogen and oxygen atoms in total. The van der Waals surface area contributed by atoms with Crippen LogP contribution in [-0.2, 0) is 5.54 Å². The van der Waals surface area contributed by atoms with Gasteiger partial charge in [-0.3, -0.25) is 0 Å². The zero-order chi connectivity index (χ0) is 11.6. The predicted octanol–water partition coefficient (Wildman–Crippen LogP) is 2.83. The smallest absolute Gasteiger partial charge is 0.264 e. The standard InChI is InChI=1S/C11H15F2NO/c1-11(2,14)9-7(10(12)13)5-4-6-8(9)15-3/h4-6,10H,14H2,1-3H3. The van der Waals surface area contributed by atoms with Gasteiger partial charge >= 0.3 is 0 Å². The average molecular weight is 215 g/mol. The molecule has 0 saturated carbocycles. The minimum Gasteiger partial charge on any atom is -0.496 e. The molecule has 0 aliphatic rings. The van der Waals surface area contributed by atoms with E-state index in [-0.39, 0.29) is 5.56 Å². The van der Waals surface area contributed by atoms with E-state index in [0.29, 0.717) is 11.3 Å². The molecular formula is C11H15F2NO. The molecular weight excluding hydrogens is 200 g/mol. The Balaban J connectivity index is 3.41. The first-order valence-electron chi connectivity index (χ1n) is 4.62. The van der Waals surface area contributed by atoms with Crippen LogP contribution in [0.15, 0.2) is 18.2 Å². The van der Waals surface area contributed by atoms with Gasteiger partial charge in [-0.25, -0.2) is 8.78 Å².